The van der Waals surface area contributed by atoms with Crippen molar-refractivity contribution >= 4 is 11.7 Å². The summed E-state index contributed by atoms with van der Waals surface area (Å²) >= 11 is 0. The second kappa shape index (κ2) is 5.05. The van der Waals surface area contributed by atoms with Gasteiger partial charge >= 0.3 is 5.97 Å². The normalized spacial score (nSPS) is 19.2. The summed E-state index contributed by atoms with van der Waals surface area (Å²) in [5.41, 5.74) is 5.96. The number of benzene rings is 1. The average Bonchev–Trinajstić information content (AvgIpc) is 2.82. The first-order chi connectivity index (χ1) is 8.16. The van der Waals surface area contributed by atoms with Crippen molar-refractivity contribution in [3.05, 3.63) is 23.8 Å². The molecule has 1 atom stereocenters. The molecule has 3 N–H and O–H groups in total. The summed E-state index contributed by atoms with van der Waals surface area (Å²) in [5.74, 6) is -0.590. The lowest BCUT2D eigenvalue weighted by atomic mass is 10.2. The number of carbonyl (C=O) groups excluding carboxylic acids is 1. The maximum atomic E-state index is 11.6. The topological polar surface area (TPSA) is 81.8 Å². The van der Waals surface area contributed by atoms with Crippen LogP contribution in [0.1, 0.15) is 23.2 Å². The zero-order valence-electron chi connectivity index (χ0n) is 9.39. The second-order valence-corrected chi connectivity index (χ2v) is 4.01. The van der Waals surface area contributed by atoms with Gasteiger partial charge in [-0.2, -0.15) is 0 Å². The van der Waals surface area contributed by atoms with Crippen molar-refractivity contribution in [1.82, 2.24) is 0 Å². The summed E-state index contributed by atoms with van der Waals surface area (Å²) in [5, 5.41) is 9.37. The third kappa shape index (κ3) is 2.88. The molecule has 0 radical (unpaired) electrons. The van der Waals surface area contributed by atoms with E-state index in [9.17, 15) is 9.90 Å². The summed E-state index contributed by atoms with van der Waals surface area (Å²) in [4.78, 5) is 11.6. The van der Waals surface area contributed by atoms with Crippen LogP contribution in [0.2, 0.25) is 0 Å². The number of ether oxygens (including phenoxy) is 2. The Balaban J connectivity index is 1.92. The fraction of sp³-hybridized carbons (Fsp3) is 0.417. The minimum atomic E-state index is -0.476. The number of hydrogen-bond acceptors (Lipinski definition) is 5. The summed E-state index contributed by atoms with van der Waals surface area (Å²) in [6.07, 6.45) is 1.92. The third-order valence-corrected chi connectivity index (χ3v) is 2.69. The van der Waals surface area contributed by atoms with Crippen LogP contribution in [0, 0.1) is 0 Å². The van der Waals surface area contributed by atoms with E-state index >= 15 is 0 Å². The highest BCUT2D eigenvalue weighted by Gasteiger charge is 2.18. The van der Waals surface area contributed by atoms with Crippen molar-refractivity contribution in [2.75, 3.05) is 18.9 Å². The second-order valence-electron chi connectivity index (χ2n) is 4.01. The Morgan fingerprint density at radius 3 is 3.06 bits per heavy atom. The van der Waals surface area contributed by atoms with Crippen molar-refractivity contribution in [2.24, 2.45) is 0 Å². The van der Waals surface area contributed by atoms with Crippen LogP contribution in [0.3, 0.4) is 0 Å². The Labute approximate surface area is 99.1 Å². The molecule has 5 nitrogen and oxygen atoms in total. The Morgan fingerprint density at radius 1 is 1.59 bits per heavy atom. The van der Waals surface area contributed by atoms with Crippen molar-refractivity contribution in [2.45, 2.75) is 18.9 Å². The van der Waals surface area contributed by atoms with E-state index in [2.05, 4.69) is 0 Å². The molecule has 1 heterocycles. The van der Waals surface area contributed by atoms with E-state index in [4.69, 9.17) is 15.2 Å². The number of phenolic OH excluding ortho intramolecular Hbond substituents is 1. The van der Waals surface area contributed by atoms with Gasteiger partial charge in [0.05, 0.1) is 17.4 Å². The van der Waals surface area contributed by atoms with Gasteiger partial charge in [-0.1, -0.05) is 0 Å². The lowest BCUT2D eigenvalue weighted by Crippen LogP contribution is -2.17. The van der Waals surface area contributed by atoms with Crippen molar-refractivity contribution in [1.29, 1.82) is 0 Å². The Hall–Kier alpha value is -1.75. The number of rotatable bonds is 3. The average molecular weight is 237 g/mol. The molecule has 1 aliphatic rings. The van der Waals surface area contributed by atoms with E-state index in [1.54, 1.807) is 0 Å². The summed E-state index contributed by atoms with van der Waals surface area (Å²) in [7, 11) is 0. The molecule has 0 amide bonds. The van der Waals surface area contributed by atoms with Gasteiger partial charge in [0.15, 0.2) is 0 Å². The number of anilines is 1. The lowest BCUT2D eigenvalue weighted by molar-refractivity contribution is 0.0161. The molecule has 1 aromatic carbocycles. The van der Waals surface area contributed by atoms with Crippen LogP contribution in [0.4, 0.5) is 5.69 Å². The minimum absolute atomic E-state index is 0.00123. The predicted octanol–water partition coefficient (Wildman–Crippen LogP) is 1.31. The largest absolute Gasteiger partial charge is 0.506 e. The molecule has 1 aromatic rings. The van der Waals surface area contributed by atoms with Gasteiger partial charge in [-0.05, 0) is 31.0 Å². The van der Waals surface area contributed by atoms with Crippen LogP contribution in [0.15, 0.2) is 18.2 Å². The molecule has 1 fully saturated rings. The first-order valence-electron chi connectivity index (χ1n) is 5.54. The highest BCUT2D eigenvalue weighted by atomic mass is 16.6. The van der Waals surface area contributed by atoms with Gasteiger partial charge in [-0.25, -0.2) is 4.79 Å². The van der Waals surface area contributed by atoms with Crippen LogP contribution in [0.5, 0.6) is 5.75 Å². The number of esters is 1. The van der Waals surface area contributed by atoms with E-state index in [-0.39, 0.29) is 29.7 Å². The predicted molar refractivity (Wildman–Crippen MR) is 61.8 cm³/mol. The van der Waals surface area contributed by atoms with Crippen LogP contribution in [-0.4, -0.2) is 30.4 Å². The molecule has 92 valence electrons. The van der Waals surface area contributed by atoms with Crippen molar-refractivity contribution in [3.63, 3.8) is 0 Å². The third-order valence-electron chi connectivity index (χ3n) is 2.69. The van der Waals surface area contributed by atoms with E-state index < -0.39 is 5.97 Å². The Morgan fingerprint density at radius 2 is 2.41 bits per heavy atom. The van der Waals surface area contributed by atoms with Crippen molar-refractivity contribution in [3.8, 4) is 5.75 Å². The number of hydrogen-bond donors (Lipinski definition) is 2. The van der Waals surface area contributed by atoms with E-state index in [0.717, 1.165) is 19.4 Å². The van der Waals surface area contributed by atoms with Crippen LogP contribution in [-0.2, 0) is 9.47 Å². The summed E-state index contributed by atoms with van der Waals surface area (Å²) < 4.78 is 10.4. The fourth-order valence-corrected chi connectivity index (χ4v) is 1.70. The molecular weight excluding hydrogens is 222 g/mol. The number of phenols is 1. The van der Waals surface area contributed by atoms with Crippen LogP contribution in [0.25, 0.3) is 0 Å². The molecule has 5 heteroatoms. The van der Waals surface area contributed by atoms with Crippen LogP contribution < -0.4 is 5.73 Å². The van der Waals surface area contributed by atoms with Gasteiger partial charge in [0.25, 0.3) is 0 Å². The maximum Gasteiger partial charge on any atom is 0.338 e. The zero-order valence-corrected chi connectivity index (χ0v) is 9.39. The smallest absolute Gasteiger partial charge is 0.338 e. The van der Waals surface area contributed by atoms with Gasteiger partial charge in [0.1, 0.15) is 12.4 Å². The molecule has 0 bridgehead atoms. The Kier molecular flexibility index (Phi) is 3.49. The van der Waals surface area contributed by atoms with Gasteiger partial charge in [0, 0.05) is 6.61 Å². The fourth-order valence-electron chi connectivity index (χ4n) is 1.70. The minimum Gasteiger partial charge on any atom is -0.506 e. The first-order valence-corrected chi connectivity index (χ1v) is 5.54. The standard InChI is InChI=1S/C12H15NO4/c13-10-4-3-8(6-11(10)14)12(15)17-7-9-2-1-5-16-9/h3-4,6,9,14H,1-2,5,7,13H2. The zero-order chi connectivity index (χ0) is 12.3. The van der Waals surface area contributed by atoms with E-state index in [0.29, 0.717) is 0 Å². The number of aromatic hydroxyl groups is 1. The molecule has 1 saturated heterocycles. The van der Waals surface area contributed by atoms with E-state index in [1.165, 1.54) is 18.2 Å². The molecule has 0 saturated carbocycles. The molecule has 0 spiro atoms. The molecular formula is C12H15NO4. The first kappa shape index (κ1) is 11.7. The monoisotopic (exact) mass is 237 g/mol. The highest BCUT2D eigenvalue weighted by Crippen LogP contribution is 2.21. The molecule has 2 rings (SSSR count). The van der Waals surface area contributed by atoms with Crippen molar-refractivity contribution < 1.29 is 19.4 Å². The quantitative estimate of drug-likeness (QED) is 0.470. The van der Waals surface area contributed by atoms with Gasteiger partial charge < -0.3 is 20.3 Å². The summed E-state index contributed by atoms with van der Waals surface area (Å²) in [6, 6.07) is 4.29. The van der Waals surface area contributed by atoms with Gasteiger partial charge in [0.2, 0.25) is 0 Å². The van der Waals surface area contributed by atoms with E-state index in [1.807, 2.05) is 0 Å². The summed E-state index contributed by atoms with van der Waals surface area (Å²) in [6.45, 7) is 0.981. The number of carbonyl (C=O) groups is 1. The van der Waals surface area contributed by atoms with Crippen LogP contribution >= 0.6 is 0 Å². The lowest BCUT2D eigenvalue weighted by Gasteiger charge is -2.10. The van der Waals surface area contributed by atoms with Gasteiger partial charge in [-0.15, -0.1) is 0 Å². The maximum absolute atomic E-state index is 11.6. The molecule has 17 heavy (non-hydrogen) atoms. The SMILES string of the molecule is Nc1ccc(C(=O)OCC2CCCO2)cc1O. The highest BCUT2D eigenvalue weighted by molar-refractivity contribution is 5.90. The molecule has 0 aromatic heterocycles. The molecule has 1 aliphatic heterocycles. The molecule has 1 unspecified atom stereocenters. The molecule has 0 aliphatic carbocycles. The number of nitrogen functional groups attached to an aromatic ring is 1. The van der Waals surface area contributed by atoms with Gasteiger partial charge in [-0.3, -0.25) is 0 Å². The number of nitrogens with two attached hydrogens (primary N) is 1. The Bertz CT molecular complexity index is 413.